The lowest BCUT2D eigenvalue weighted by molar-refractivity contribution is -0.120. The summed E-state index contributed by atoms with van der Waals surface area (Å²) in [7, 11) is -1.14. The van der Waals surface area contributed by atoms with E-state index in [1.165, 1.54) is 50.3 Å². The molecule has 0 aliphatic heterocycles. The average molecular weight is 523 g/mol. The van der Waals surface area contributed by atoms with Gasteiger partial charge >= 0.3 is 0 Å². The van der Waals surface area contributed by atoms with Crippen LogP contribution in [-0.4, -0.2) is 35.1 Å². The Labute approximate surface area is 219 Å². The third-order valence-corrected chi connectivity index (χ3v) is 8.57. The van der Waals surface area contributed by atoms with Gasteiger partial charge in [0, 0.05) is 6.07 Å². The summed E-state index contributed by atoms with van der Waals surface area (Å²) in [5.74, 6) is 0.334. The zero-order chi connectivity index (χ0) is 26.6. The van der Waals surface area contributed by atoms with E-state index in [1.807, 2.05) is 19.9 Å². The first-order valence-corrected chi connectivity index (χ1v) is 13.9. The summed E-state index contributed by atoms with van der Waals surface area (Å²) < 4.78 is 39.5. The fraction of sp³-hybridized carbons (Fsp3) is 0.345. The Morgan fingerprint density at radius 3 is 2.32 bits per heavy atom. The normalized spacial score (nSPS) is 13.8. The van der Waals surface area contributed by atoms with Crippen LogP contribution in [0.4, 0.5) is 5.69 Å². The van der Waals surface area contributed by atoms with Gasteiger partial charge in [-0.25, -0.2) is 8.42 Å². The highest BCUT2D eigenvalue weighted by molar-refractivity contribution is 7.92. The number of amides is 1. The number of sulfonamides is 1. The molecule has 0 heterocycles. The predicted octanol–water partition coefficient (Wildman–Crippen LogP) is 4.96. The summed E-state index contributed by atoms with van der Waals surface area (Å²) in [5.41, 5.74) is 4.85. The van der Waals surface area contributed by atoms with Crippen molar-refractivity contribution in [3.8, 4) is 11.5 Å². The number of carbonyl (C=O) groups excluding carboxylic acids is 1. The molecule has 37 heavy (non-hydrogen) atoms. The molecular formula is C29H34N2O5S. The van der Waals surface area contributed by atoms with Gasteiger partial charge in [-0.2, -0.15) is 0 Å². The average Bonchev–Trinajstić information content (AvgIpc) is 2.91. The van der Waals surface area contributed by atoms with Crippen LogP contribution in [0, 0.1) is 6.92 Å². The molecule has 0 fully saturated rings. The van der Waals surface area contributed by atoms with Gasteiger partial charge in [0.1, 0.15) is 18.0 Å². The Bertz CT molecular complexity index is 1370. The SMILES string of the molecule is COc1ccc(OC)c(N(CC(=O)NC(C)c2ccc3c(c2)CCCC3)S(=O)(=O)c2ccc(C)cc2)c1. The molecule has 1 aliphatic rings. The minimum atomic E-state index is -4.10. The second kappa shape index (κ2) is 11.3. The van der Waals surface area contributed by atoms with E-state index in [-0.39, 0.29) is 16.6 Å². The molecule has 0 bridgehead atoms. The minimum Gasteiger partial charge on any atom is -0.497 e. The highest BCUT2D eigenvalue weighted by Gasteiger charge is 2.30. The van der Waals surface area contributed by atoms with Crippen molar-refractivity contribution < 1.29 is 22.7 Å². The zero-order valence-corrected chi connectivity index (χ0v) is 22.6. The van der Waals surface area contributed by atoms with Crippen LogP contribution in [0.2, 0.25) is 0 Å². The fourth-order valence-corrected chi connectivity index (χ4v) is 6.08. The van der Waals surface area contributed by atoms with Gasteiger partial charge in [0.2, 0.25) is 5.91 Å². The Hall–Kier alpha value is -3.52. The monoisotopic (exact) mass is 522 g/mol. The summed E-state index contributed by atoms with van der Waals surface area (Å²) in [4.78, 5) is 13.4. The number of aryl methyl sites for hydroxylation is 3. The number of carbonyl (C=O) groups is 1. The second-order valence-electron chi connectivity index (χ2n) is 9.39. The van der Waals surface area contributed by atoms with Crippen LogP contribution in [0.15, 0.2) is 65.6 Å². The van der Waals surface area contributed by atoms with Gasteiger partial charge in [-0.1, -0.05) is 35.9 Å². The number of fused-ring (bicyclic) bond motifs is 1. The van der Waals surface area contributed by atoms with Crippen molar-refractivity contribution in [3.63, 3.8) is 0 Å². The third kappa shape index (κ3) is 5.91. The molecule has 1 aliphatic carbocycles. The largest absolute Gasteiger partial charge is 0.497 e. The van der Waals surface area contributed by atoms with Gasteiger partial charge in [-0.15, -0.1) is 0 Å². The first-order valence-electron chi connectivity index (χ1n) is 12.5. The third-order valence-electron chi connectivity index (χ3n) is 6.80. The van der Waals surface area contributed by atoms with E-state index in [4.69, 9.17) is 9.47 Å². The van der Waals surface area contributed by atoms with E-state index in [2.05, 4.69) is 17.4 Å². The maximum Gasteiger partial charge on any atom is 0.264 e. The molecule has 196 valence electrons. The zero-order valence-electron chi connectivity index (χ0n) is 21.8. The highest BCUT2D eigenvalue weighted by Crippen LogP contribution is 2.36. The minimum absolute atomic E-state index is 0.0820. The quantitative estimate of drug-likeness (QED) is 0.429. The number of hydrogen-bond donors (Lipinski definition) is 1. The lowest BCUT2D eigenvalue weighted by Gasteiger charge is -2.27. The molecule has 8 heteroatoms. The molecule has 0 saturated heterocycles. The van der Waals surface area contributed by atoms with Gasteiger partial charge in [0.15, 0.2) is 0 Å². The summed E-state index contributed by atoms with van der Waals surface area (Å²) in [5, 5.41) is 2.98. The molecule has 0 radical (unpaired) electrons. The molecule has 1 unspecified atom stereocenters. The van der Waals surface area contributed by atoms with Gasteiger partial charge in [-0.05, 0) is 80.5 Å². The number of ether oxygens (including phenoxy) is 2. The molecule has 1 atom stereocenters. The van der Waals surface area contributed by atoms with E-state index >= 15 is 0 Å². The van der Waals surface area contributed by atoms with Crippen molar-refractivity contribution in [1.29, 1.82) is 0 Å². The van der Waals surface area contributed by atoms with Crippen LogP contribution in [-0.2, 0) is 27.7 Å². The lowest BCUT2D eigenvalue weighted by atomic mass is 9.89. The van der Waals surface area contributed by atoms with E-state index in [9.17, 15) is 13.2 Å². The van der Waals surface area contributed by atoms with Crippen molar-refractivity contribution >= 4 is 21.6 Å². The second-order valence-corrected chi connectivity index (χ2v) is 11.2. The van der Waals surface area contributed by atoms with Crippen LogP contribution in [0.5, 0.6) is 11.5 Å². The molecule has 3 aromatic rings. The fourth-order valence-electron chi connectivity index (χ4n) is 4.65. The summed E-state index contributed by atoms with van der Waals surface area (Å²) >= 11 is 0. The van der Waals surface area contributed by atoms with Crippen LogP contribution in [0.3, 0.4) is 0 Å². The van der Waals surface area contributed by atoms with Crippen LogP contribution in [0.1, 0.15) is 48.1 Å². The Morgan fingerprint density at radius 1 is 0.946 bits per heavy atom. The Morgan fingerprint density at radius 2 is 1.65 bits per heavy atom. The number of rotatable bonds is 9. The number of benzene rings is 3. The van der Waals surface area contributed by atoms with Crippen molar-refractivity contribution in [2.75, 3.05) is 25.1 Å². The maximum absolute atomic E-state index is 13.8. The number of nitrogens with one attached hydrogen (secondary N) is 1. The molecule has 1 amide bonds. The van der Waals surface area contributed by atoms with Crippen molar-refractivity contribution in [2.24, 2.45) is 0 Å². The van der Waals surface area contributed by atoms with Crippen molar-refractivity contribution in [3.05, 3.63) is 82.9 Å². The van der Waals surface area contributed by atoms with E-state index in [1.54, 1.807) is 30.3 Å². The molecule has 0 saturated carbocycles. The Kier molecular flexibility index (Phi) is 8.07. The van der Waals surface area contributed by atoms with Crippen molar-refractivity contribution in [1.82, 2.24) is 5.32 Å². The van der Waals surface area contributed by atoms with Crippen LogP contribution in [0.25, 0.3) is 0 Å². The van der Waals surface area contributed by atoms with Gasteiger partial charge in [0.05, 0.1) is 30.8 Å². The first-order chi connectivity index (χ1) is 17.7. The van der Waals surface area contributed by atoms with Crippen LogP contribution >= 0.6 is 0 Å². The first kappa shape index (κ1) is 26.5. The predicted molar refractivity (Wildman–Crippen MR) is 145 cm³/mol. The van der Waals surface area contributed by atoms with E-state index < -0.39 is 22.5 Å². The molecule has 0 spiro atoms. The summed E-state index contributed by atoms with van der Waals surface area (Å²) in [6, 6.07) is 17.5. The van der Waals surface area contributed by atoms with Gasteiger partial charge in [0.25, 0.3) is 10.0 Å². The van der Waals surface area contributed by atoms with Gasteiger partial charge in [-0.3, -0.25) is 9.10 Å². The topological polar surface area (TPSA) is 84.9 Å². The lowest BCUT2D eigenvalue weighted by Crippen LogP contribution is -2.41. The number of methoxy groups -OCH3 is 2. The standard InChI is InChI=1S/C29H34N2O5S/c1-20-9-14-26(15-10-20)37(33,34)31(27-18-25(35-3)13-16-28(27)36-4)19-29(32)30-21(2)23-12-11-22-7-5-6-8-24(22)17-23/h9-18,21H,5-8,19H2,1-4H3,(H,30,32). The van der Waals surface area contributed by atoms with E-state index in [0.717, 1.165) is 28.3 Å². The van der Waals surface area contributed by atoms with E-state index in [0.29, 0.717) is 11.5 Å². The number of nitrogens with zero attached hydrogens (tertiary/aromatic N) is 1. The smallest absolute Gasteiger partial charge is 0.264 e. The maximum atomic E-state index is 13.8. The summed E-state index contributed by atoms with van der Waals surface area (Å²) in [6.07, 6.45) is 4.51. The molecule has 3 aromatic carbocycles. The molecule has 7 nitrogen and oxygen atoms in total. The van der Waals surface area contributed by atoms with Crippen LogP contribution < -0.4 is 19.1 Å². The Balaban J connectivity index is 1.65. The summed E-state index contributed by atoms with van der Waals surface area (Å²) in [6.45, 7) is 3.37. The number of anilines is 1. The molecule has 0 aromatic heterocycles. The van der Waals surface area contributed by atoms with Gasteiger partial charge < -0.3 is 14.8 Å². The molecule has 4 rings (SSSR count). The molecular weight excluding hydrogens is 488 g/mol. The molecule has 1 N–H and O–H groups in total. The highest BCUT2D eigenvalue weighted by atomic mass is 32.2. The number of hydrogen-bond acceptors (Lipinski definition) is 5. The van der Waals surface area contributed by atoms with Crippen molar-refractivity contribution in [2.45, 2.75) is 50.5 Å².